The zero-order chi connectivity index (χ0) is 27.9. The smallest absolute Gasteiger partial charge is 0.280 e. The van der Waals surface area contributed by atoms with Gasteiger partial charge in [-0.1, -0.05) is 35.3 Å². The molecule has 39 heavy (non-hydrogen) atoms. The lowest BCUT2D eigenvalue weighted by Gasteiger charge is -2.31. The van der Waals surface area contributed by atoms with Gasteiger partial charge >= 0.3 is 0 Å². The molecule has 0 bridgehead atoms. The highest BCUT2D eigenvalue weighted by Crippen LogP contribution is 2.31. The van der Waals surface area contributed by atoms with Crippen LogP contribution in [0, 0.1) is 0 Å². The number of carbonyl (C=O) groups is 1. The highest BCUT2D eigenvalue weighted by Gasteiger charge is 2.28. The number of rotatable bonds is 6. The van der Waals surface area contributed by atoms with E-state index >= 15 is 0 Å². The topological polar surface area (TPSA) is 99.9 Å². The van der Waals surface area contributed by atoms with Gasteiger partial charge in [0.1, 0.15) is 11.3 Å². The van der Waals surface area contributed by atoms with Crippen LogP contribution in [-0.4, -0.2) is 71.4 Å². The van der Waals surface area contributed by atoms with E-state index in [0.29, 0.717) is 31.7 Å². The molecule has 4 aromatic rings. The zero-order valence-electron chi connectivity index (χ0n) is 20.5. The van der Waals surface area contributed by atoms with E-state index in [1.54, 1.807) is 6.07 Å². The van der Waals surface area contributed by atoms with Crippen molar-refractivity contribution >= 4 is 50.5 Å². The Bertz CT molecular complexity index is 1670. The molecule has 204 valence electrons. The molecule has 0 unspecified atom stereocenters. The van der Waals surface area contributed by atoms with Crippen LogP contribution in [0.5, 0.6) is 0 Å². The molecular formula is C25H22Cl2F2N6O3S. The number of nitrogens with zero attached hydrogens (tertiary/aromatic N) is 5. The molecule has 0 spiro atoms. The normalized spacial score (nSPS) is 15.2. The predicted molar refractivity (Wildman–Crippen MR) is 144 cm³/mol. The van der Waals surface area contributed by atoms with Gasteiger partial charge in [0.15, 0.2) is 5.65 Å². The van der Waals surface area contributed by atoms with E-state index in [-0.39, 0.29) is 37.5 Å². The number of amides is 1. The van der Waals surface area contributed by atoms with E-state index in [2.05, 4.69) is 15.4 Å². The van der Waals surface area contributed by atoms with Crippen molar-refractivity contribution in [2.75, 3.05) is 38.5 Å². The Labute approximate surface area is 233 Å². The minimum atomic E-state index is -3.77. The van der Waals surface area contributed by atoms with E-state index < -0.39 is 28.0 Å². The Morgan fingerprint density at radius 2 is 1.77 bits per heavy atom. The Balaban J connectivity index is 1.47. The number of halogens is 4. The van der Waals surface area contributed by atoms with Gasteiger partial charge in [-0.05, 0) is 43.4 Å². The van der Waals surface area contributed by atoms with Gasteiger partial charge in [-0.3, -0.25) is 4.79 Å². The lowest BCUT2D eigenvalue weighted by molar-refractivity contribution is 0.102. The van der Waals surface area contributed by atoms with Crippen LogP contribution in [-0.2, 0) is 10.0 Å². The van der Waals surface area contributed by atoms with Crippen molar-refractivity contribution in [2.45, 2.75) is 11.3 Å². The summed E-state index contributed by atoms with van der Waals surface area (Å²) in [5, 5.41) is 7.09. The number of hydrogen-bond acceptors (Lipinski definition) is 6. The molecule has 14 heteroatoms. The van der Waals surface area contributed by atoms with Gasteiger partial charge in [0, 0.05) is 37.4 Å². The van der Waals surface area contributed by atoms with E-state index in [0.717, 1.165) is 10.7 Å². The summed E-state index contributed by atoms with van der Waals surface area (Å²) in [5.74, 6) is -0.696. The minimum absolute atomic E-state index is 0.0322. The predicted octanol–water partition coefficient (Wildman–Crippen LogP) is 4.83. The largest absolute Gasteiger partial charge is 0.322 e. The van der Waals surface area contributed by atoms with Gasteiger partial charge in [-0.15, -0.1) is 0 Å². The number of anilines is 1. The third-order valence-electron chi connectivity index (χ3n) is 6.37. The van der Waals surface area contributed by atoms with Crippen molar-refractivity contribution in [1.82, 2.24) is 23.8 Å². The number of piperazine rings is 1. The molecular weight excluding hydrogens is 573 g/mol. The molecule has 1 N–H and O–H groups in total. The number of nitrogens with one attached hydrogen (secondary N) is 1. The second kappa shape index (κ2) is 10.8. The van der Waals surface area contributed by atoms with Gasteiger partial charge in [-0.25, -0.2) is 26.7 Å². The molecule has 0 aliphatic carbocycles. The minimum Gasteiger partial charge on any atom is -0.322 e. The second-order valence-corrected chi connectivity index (χ2v) is 11.7. The SMILES string of the molecule is CN1CCN(S(=O)(=O)c2cccc(NC(=O)c3cnn4c(C(F)F)cc(-c5ccc(Cl)c(Cl)c5)nc34)c2)CC1. The van der Waals surface area contributed by atoms with Crippen LogP contribution < -0.4 is 5.32 Å². The van der Waals surface area contributed by atoms with Gasteiger partial charge in [0.25, 0.3) is 12.3 Å². The Kier molecular flexibility index (Phi) is 7.57. The van der Waals surface area contributed by atoms with Crippen LogP contribution in [0.25, 0.3) is 16.9 Å². The first kappa shape index (κ1) is 27.4. The Morgan fingerprint density at radius 1 is 1.03 bits per heavy atom. The lowest BCUT2D eigenvalue weighted by Crippen LogP contribution is -2.47. The number of alkyl halides is 2. The van der Waals surface area contributed by atoms with Crippen LogP contribution in [0.15, 0.2) is 59.6 Å². The molecule has 5 rings (SSSR count). The molecule has 1 aliphatic heterocycles. The monoisotopic (exact) mass is 594 g/mol. The number of carbonyl (C=O) groups excluding carboxylic acids is 1. The standard InChI is InChI=1S/C25H22Cl2F2N6O3S/c1-33-7-9-34(10-8-33)39(37,38)17-4-2-3-16(12-17)31-25(36)18-14-30-35-22(23(28)29)13-21(32-24(18)35)15-5-6-19(26)20(27)11-15/h2-6,11-14,23H,7-10H2,1H3,(H,31,36). The maximum atomic E-state index is 13.9. The van der Waals surface area contributed by atoms with Gasteiger partial charge in [0.2, 0.25) is 10.0 Å². The fraction of sp³-hybridized carbons (Fsp3) is 0.240. The first-order valence-electron chi connectivity index (χ1n) is 11.8. The first-order chi connectivity index (χ1) is 18.5. The van der Waals surface area contributed by atoms with E-state index in [1.807, 2.05) is 11.9 Å². The molecule has 1 amide bonds. The number of aromatic nitrogens is 3. The summed E-state index contributed by atoms with van der Waals surface area (Å²) in [7, 11) is -1.84. The summed E-state index contributed by atoms with van der Waals surface area (Å²) < 4.78 is 56.4. The molecule has 3 heterocycles. The molecule has 2 aromatic heterocycles. The fourth-order valence-corrected chi connectivity index (χ4v) is 5.98. The quantitative estimate of drug-likeness (QED) is 0.343. The van der Waals surface area contributed by atoms with E-state index in [1.165, 1.54) is 46.8 Å². The molecule has 0 saturated carbocycles. The second-order valence-electron chi connectivity index (χ2n) is 8.98. The van der Waals surface area contributed by atoms with Crippen LogP contribution in [0.1, 0.15) is 22.5 Å². The third kappa shape index (κ3) is 5.48. The van der Waals surface area contributed by atoms with Gasteiger partial charge in [0.05, 0.1) is 26.8 Å². The fourth-order valence-electron chi connectivity index (χ4n) is 4.22. The van der Waals surface area contributed by atoms with E-state index in [4.69, 9.17) is 23.2 Å². The lowest BCUT2D eigenvalue weighted by atomic mass is 10.1. The van der Waals surface area contributed by atoms with Gasteiger partial charge < -0.3 is 10.2 Å². The zero-order valence-corrected chi connectivity index (χ0v) is 22.8. The molecule has 2 aromatic carbocycles. The van der Waals surface area contributed by atoms with Crippen molar-refractivity contribution in [2.24, 2.45) is 0 Å². The number of hydrogen-bond donors (Lipinski definition) is 1. The average molecular weight is 595 g/mol. The highest BCUT2D eigenvalue weighted by atomic mass is 35.5. The summed E-state index contributed by atoms with van der Waals surface area (Å²) in [5.41, 5.74) is 0.123. The summed E-state index contributed by atoms with van der Waals surface area (Å²) >= 11 is 12.1. The summed E-state index contributed by atoms with van der Waals surface area (Å²) in [6.07, 6.45) is -1.78. The Hall–Kier alpha value is -3.16. The summed E-state index contributed by atoms with van der Waals surface area (Å²) in [6, 6.07) is 11.6. The van der Waals surface area contributed by atoms with Crippen LogP contribution in [0.4, 0.5) is 14.5 Å². The van der Waals surface area contributed by atoms with Crippen molar-refractivity contribution in [3.05, 3.63) is 76.0 Å². The average Bonchev–Trinajstić information content (AvgIpc) is 3.34. The van der Waals surface area contributed by atoms with Crippen molar-refractivity contribution in [3.8, 4) is 11.3 Å². The number of fused-ring (bicyclic) bond motifs is 1. The molecule has 1 aliphatic rings. The number of benzene rings is 2. The van der Waals surface area contributed by atoms with Gasteiger partial charge in [-0.2, -0.15) is 9.40 Å². The first-order valence-corrected chi connectivity index (χ1v) is 14.0. The van der Waals surface area contributed by atoms with Crippen LogP contribution >= 0.6 is 23.2 Å². The van der Waals surface area contributed by atoms with Crippen LogP contribution in [0.3, 0.4) is 0 Å². The van der Waals surface area contributed by atoms with E-state index in [9.17, 15) is 22.0 Å². The van der Waals surface area contributed by atoms with Crippen molar-refractivity contribution in [1.29, 1.82) is 0 Å². The molecule has 1 saturated heterocycles. The molecule has 9 nitrogen and oxygen atoms in total. The molecule has 1 fully saturated rings. The number of sulfonamides is 1. The molecule has 0 radical (unpaired) electrons. The third-order valence-corrected chi connectivity index (χ3v) is 9.01. The van der Waals surface area contributed by atoms with Crippen molar-refractivity contribution in [3.63, 3.8) is 0 Å². The Morgan fingerprint density at radius 3 is 2.46 bits per heavy atom. The molecule has 0 atom stereocenters. The summed E-state index contributed by atoms with van der Waals surface area (Å²) in [6.45, 7) is 1.94. The van der Waals surface area contributed by atoms with Crippen LogP contribution in [0.2, 0.25) is 10.0 Å². The number of likely N-dealkylation sites (N-methyl/N-ethyl adjacent to an activating group) is 1. The van der Waals surface area contributed by atoms with Crippen molar-refractivity contribution < 1.29 is 22.0 Å². The highest BCUT2D eigenvalue weighted by molar-refractivity contribution is 7.89. The summed E-state index contributed by atoms with van der Waals surface area (Å²) in [4.78, 5) is 19.7. The maximum absolute atomic E-state index is 13.9. The maximum Gasteiger partial charge on any atom is 0.280 e.